The first kappa shape index (κ1) is 11.9. The monoisotopic (exact) mass is 274 g/mol. The number of benzene rings is 1. The van der Waals surface area contributed by atoms with Gasteiger partial charge in [0.1, 0.15) is 23.4 Å². The molecule has 2 aromatic heterocycles. The molecule has 0 N–H and O–H groups in total. The van der Waals surface area contributed by atoms with E-state index in [1.807, 2.05) is 28.8 Å². The second kappa shape index (κ2) is 4.51. The molecule has 0 radical (unpaired) electrons. The average molecular weight is 275 g/mol. The molecule has 0 saturated carbocycles. The van der Waals surface area contributed by atoms with Crippen molar-refractivity contribution in [1.29, 1.82) is 0 Å². The van der Waals surface area contributed by atoms with Gasteiger partial charge in [-0.15, -0.1) is 0 Å². The van der Waals surface area contributed by atoms with Crippen molar-refractivity contribution in [2.24, 2.45) is 0 Å². The van der Waals surface area contributed by atoms with E-state index >= 15 is 0 Å². The van der Waals surface area contributed by atoms with Crippen LogP contribution in [0.25, 0.3) is 16.9 Å². The maximum Gasteiger partial charge on any atom is 0.182 e. The number of aromatic nitrogens is 4. The molecule has 0 aliphatic heterocycles. The van der Waals surface area contributed by atoms with Crippen molar-refractivity contribution in [2.75, 3.05) is 7.11 Å². The summed E-state index contributed by atoms with van der Waals surface area (Å²) in [4.78, 5) is 12.7. The molecule has 3 rings (SSSR count). The highest BCUT2D eigenvalue weighted by Crippen LogP contribution is 2.24. The first-order valence-corrected chi connectivity index (χ1v) is 6.08. The zero-order chi connectivity index (χ0) is 13.4. The number of nitrogens with zero attached hydrogens (tertiary/aromatic N) is 4. The quantitative estimate of drug-likeness (QED) is 0.674. The molecule has 0 bridgehead atoms. The average Bonchev–Trinajstić information content (AvgIpc) is 2.83. The fraction of sp³-hybridized carbons (Fsp3) is 0.154. The zero-order valence-electron chi connectivity index (χ0n) is 10.5. The lowest BCUT2D eigenvalue weighted by molar-refractivity contribution is 0.415. The molecular weight excluding hydrogens is 264 g/mol. The van der Waals surface area contributed by atoms with Crippen molar-refractivity contribution in [3.8, 4) is 11.4 Å². The van der Waals surface area contributed by atoms with Crippen molar-refractivity contribution in [3.05, 3.63) is 41.6 Å². The minimum Gasteiger partial charge on any atom is -0.497 e. The molecule has 0 amide bonds. The van der Waals surface area contributed by atoms with Crippen molar-refractivity contribution in [1.82, 2.24) is 19.5 Å². The van der Waals surface area contributed by atoms with Crippen molar-refractivity contribution in [2.45, 2.75) is 6.92 Å². The van der Waals surface area contributed by atoms with E-state index in [0.717, 1.165) is 11.4 Å². The normalized spacial score (nSPS) is 10.9. The summed E-state index contributed by atoms with van der Waals surface area (Å²) >= 11 is 6.18. The van der Waals surface area contributed by atoms with Gasteiger partial charge in [0, 0.05) is 5.69 Å². The fourth-order valence-electron chi connectivity index (χ4n) is 1.92. The molecule has 0 aliphatic carbocycles. The van der Waals surface area contributed by atoms with Crippen LogP contribution in [0.15, 0.2) is 30.6 Å². The topological polar surface area (TPSA) is 52.8 Å². The number of imidazole rings is 1. The molecule has 5 nitrogen and oxygen atoms in total. The predicted molar refractivity (Wildman–Crippen MR) is 73.0 cm³/mol. The summed E-state index contributed by atoms with van der Waals surface area (Å²) in [7, 11) is 1.63. The Bertz CT molecular complexity index is 736. The van der Waals surface area contributed by atoms with E-state index in [4.69, 9.17) is 16.3 Å². The number of aryl methyl sites for hydroxylation is 1. The van der Waals surface area contributed by atoms with E-state index in [0.29, 0.717) is 22.1 Å². The molecule has 0 atom stereocenters. The van der Waals surface area contributed by atoms with Crippen LogP contribution in [0, 0.1) is 6.92 Å². The Hall–Kier alpha value is -2.14. The summed E-state index contributed by atoms with van der Waals surface area (Å²) in [6.07, 6.45) is 1.69. The molecule has 0 fully saturated rings. The lowest BCUT2D eigenvalue weighted by Crippen LogP contribution is -1.96. The first-order valence-electron chi connectivity index (χ1n) is 5.70. The summed E-state index contributed by atoms with van der Waals surface area (Å²) in [5, 5.41) is 0.399. The minimum absolute atomic E-state index is 0.399. The number of ether oxygens (including phenoxy) is 1. The third kappa shape index (κ3) is 2.02. The standard InChI is InChI=1S/C13H11ClN4O/c1-8-16-12(14)11-13(17-8)15-7-18(11)9-3-5-10(19-2)6-4-9/h3-7H,1-2H3. The van der Waals surface area contributed by atoms with Gasteiger partial charge >= 0.3 is 0 Å². The maximum atomic E-state index is 6.18. The molecule has 0 saturated heterocycles. The van der Waals surface area contributed by atoms with E-state index in [-0.39, 0.29) is 0 Å². The van der Waals surface area contributed by atoms with Gasteiger partial charge < -0.3 is 4.74 Å². The lowest BCUT2D eigenvalue weighted by Gasteiger charge is -2.06. The highest BCUT2D eigenvalue weighted by atomic mass is 35.5. The van der Waals surface area contributed by atoms with E-state index in [1.165, 1.54) is 0 Å². The maximum absolute atomic E-state index is 6.18. The van der Waals surface area contributed by atoms with Gasteiger partial charge in [-0.2, -0.15) is 0 Å². The Kier molecular flexibility index (Phi) is 2.83. The van der Waals surface area contributed by atoms with Crippen LogP contribution < -0.4 is 4.74 Å². The third-order valence-corrected chi connectivity index (χ3v) is 3.09. The second-order valence-corrected chi connectivity index (χ2v) is 4.40. The summed E-state index contributed by atoms with van der Waals surface area (Å²) in [5.74, 6) is 1.41. The lowest BCUT2D eigenvalue weighted by atomic mass is 10.3. The Labute approximate surface area is 114 Å². The Balaban J connectivity index is 2.19. The second-order valence-electron chi connectivity index (χ2n) is 4.05. The van der Waals surface area contributed by atoms with Crippen LogP contribution in [-0.4, -0.2) is 26.6 Å². The van der Waals surface area contributed by atoms with Crippen molar-refractivity contribution < 1.29 is 4.74 Å². The number of fused-ring (bicyclic) bond motifs is 1. The molecule has 96 valence electrons. The molecule has 0 unspecified atom stereocenters. The highest BCUT2D eigenvalue weighted by molar-refractivity contribution is 6.33. The summed E-state index contributed by atoms with van der Waals surface area (Å²) in [6.45, 7) is 1.79. The van der Waals surface area contributed by atoms with Gasteiger partial charge in [0.05, 0.1) is 7.11 Å². The molecule has 6 heteroatoms. The van der Waals surface area contributed by atoms with Crippen molar-refractivity contribution in [3.63, 3.8) is 0 Å². The fourth-order valence-corrected chi connectivity index (χ4v) is 2.22. The van der Waals surface area contributed by atoms with E-state index in [2.05, 4.69) is 15.0 Å². The Morgan fingerprint density at radius 2 is 1.89 bits per heavy atom. The van der Waals surface area contributed by atoms with Crippen LogP contribution in [-0.2, 0) is 0 Å². The SMILES string of the molecule is COc1ccc(-n2cnc3nc(C)nc(Cl)c32)cc1. The highest BCUT2D eigenvalue weighted by Gasteiger charge is 2.11. The van der Waals surface area contributed by atoms with E-state index in [1.54, 1.807) is 20.4 Å². The number of hydrogen-bond donors (Lipinski definition) is 0. The molecule has 1 aromatic carbocycles. The Morgan fingerprint density at radius 1 is 1.16 bits per heavy atom. The molecule has 19 heavy (non-hydrogen) atoms. The smallest absolute Gasteiger partial charge is 0.182 e. The molecule has 3 aromatic rings. The van der Waals surface area contributed by atoms with Gasteiger partial charge in [0.25, 0.3) is 0 Å². The number of halogens is 1. The van der Waals surface area contributed by atoms with Gasteiger partial charge in [-0.1, -0.05) is 11.6 Å². The minimum atomic E-state index is 0.399. The van der Waals surface area contributed by atoms with Crippen LogP contribution in [0.4, 0.5) is 0 Å². The largest absolute Gasteiger partial charge is 0.497 e. The predicted octanol–water partition coefficient (Wildman–Crippen LogP) is 2.79. The number of hydrogen-bond acceptors (Lipinski definition) is 4. The number of methoxy groups -OCH3 is 1. The van der Waals surface area contributed by atoms with Gasteiger partial charge in [0.15, 0.2) is 10.8 Å². The first-order chi connectivity index (χ1) is 9.19. The van der Waals surface area contributed by atoms with Gasteiger partial charge in [-0.3, -0.25) is 4.57 Å². The molecule has 0 aliphatic rings. The molecular formula is C13H11ClN4O. The van der Waals surface area contributed by atoms with Crippen LogP contribution >= 0.6 is 11.6 Å². The van der Waals surface area contributed by atoms with Gasteiger partial charge in [-0.25, -0.2) is 15.0 Å². The molecule has 2 heterocycles. The van der Waals surface area contributed by atoms with Crippen LogP contribution in [0.5, 0.6) is 5.75 Å². The molecule has 0 spiro atoms. The number of rotatable bonds is 2. The van der Waals surface area contributed by atoms with E-state index in [9.17, 15) is 0 Å². The van der Waals surface area contributed by atoms with Crippen LogP contribution in [0.3, 0.4) is 0 Å². The zero-order valence-corrected chi connectivity index (χ0v) is 11.2. The summed E-state index contributed by atoms with van der Waals surface area (Å²) in [5.41, 5.74) is 2.23. The van der Waals surface area contributed by atoms with Crippen LogP contribution in [0.1, 0.15) is 5.82 Å². The van der Waals surface area contributed by atoms with Crippen LogP contribution in [0.2, 0.25) is 5.15 Å². The van der Waals surface area contributed by atoms with Gasteiger partial charge in [-0.05, 0) is 31.2 Å². The summed E-state index contributed by atoms with van der Waals surface area (Å²) < 4.78 is 7.00. The third-order valence-electron chi connectivity index (χ3n) is 2.82. The summed E-state index contributed by atoms with van der Waals surface area (Å²) in [6, 6.07) is 7.61. The van der Waals surface area contributed by atoms with Gasteiger partial charge in [0.2, 0.25) is 0 Å². The van der Waals surface area contributed by atoms with E-state index < -0.39 is 0 Å². The Morgan fingerprint density at radius 3 is 2.58 bits per heavy atom. The van der Waals surface area contributed by atoms with Crippen molar-refractivity contribution >= 4 is 22.8 Å².